The van der Waals surface area contributed by atoms with Crippen LogP contribution in [0, 0.1) is 0 Å². The van der Waals surface area contributed by atoms with Gasteiger partial charge in [-0.25, -0.2) is 0 Å². The molecule has 2 atom stereocenters. The summed E-state index contributed by atoms with van der Waals surface area (Å²) < 4.78 is 5.55. The fourth-order valence-electron chi connectivity index (χ4n) is 1.44. The number of hydrogen-bond acceptors (Lipinski definition) is 6. The molecule has 0 aliphatic heterocycles. The average molecular weight is 258 g/mol. The Morgan fingerprint density at radius 1 is 1.35 bits per heavy atom. The normalized spacial score (nSPS) is 14.6. The first-order valence-electron chi connectivity index (χ1n) is 5.99. The van der Waals surface area contributed by atoms with Gasteiger partial charge < -0.3 is 15.1 Å². The highest BCUT2D eigenvalue weighted by Crippen LogP contribution is 2.15. The Morgan fingerprint density at radius 2 is 2.12 bits per heavy atom. The molecule has 0 spiro atoms. The fourth-order valence-corrected chi connectivity index (χ4v) is 2.03. The summed E-state index contributed by atoms with van der Waals surface area (Å²) in [5, 5.41) is 14.5. The Balaban J connectivity index is 2.44. The van der Waals surface area contributed by atoms with Gasteiger partial charge in [0.2, 0.25) is 5.89 Å². The lowest BCUT2D eigenvalue weighted by Gasteiger charge is -2.10. The summed E-state index contributed by atoms with van der Waals surface area (Å²) in [5.41, 5.74) is 0. The third kappa shape index (κ3) is 4.95. The number of thioether (sulfide) groups is 1. The van der Waals surface area contributed by atoms with E-state index in [9.17, 15) is 0 Å². The van der Waals surface area contributed by atoms with Gasteiger partial charge in [0.25, 0.3) is 0 Å². The second-order valence-corrected chi connectivity index (χ2v) is 5.04. The van der Waals surface area contributed by atoms with Crippen LogP contribution in [0.2, 0.25) is 0 Å². The molecule has 17 heavy (non-hydrogen) atoms. The summed E-state index contributed by atoms with van der Waals surface area (Å²) in [4.78, 5) is 0. The molecule has 0 amide bonds. The summed E-state index contributed by atoms with van der Waals surface area (Å²) in [6, 6.07) is 0.966. The van der Waals surface area contributed by atoms with Crippen LogP contribution in [0.1, 0.15) is 39.1 Å². The van der Waals surface area contributed by atoms with E-state index in [-0.39, 0.29) is 6.04 Å². The second kappa shape index (κ2) is 7.55. The molecule has 2 unspecified atom stereocenters. The van der Waals surface area contributed by atoms with Crippen molar-refractivity contribution in [2.24, 2.45) is 0 Å². The molecule has 98 valence electrons. The maximum absolute atomic E-state index is 5.55. The summed E-state index contributed by atoms with van der Waals surface area (Å²) in [6.07, 6.45) is 3.19. The quantitative estimate of drug-likeness (QED) is 0.746. The fraction of sp³-hybridized carbons (Fsp3) is 0.818. The van der Waals surface area contributed by atoms with E-state index < -0.39 is 0 Å². The van der Waals surface area contributed by atoms with Crippen LogP contribution in [-0.2, 0) is 0 Å². The first-order chi connectivity index (χ1) is 8.17. The van der Waals surface area contributed by atoms with Crippen LogP contribution >= 0.6 is 11.8 Å². The number of anilines is 1. The van der Waals surface area contributed by atoms with Gasteiger partial charge in [-0.1, -0.05) is 12.0 Å². The smallest absolute Gasteiger partial charge is 0.315 e. The first kappa shape index (κ1) is 14.3. The van der Waals surface area contributed by atoms with Gasteiger partial charge >= 0.3 is 6.01 Å². The lowest BCUT2D eigenvalue weighted by atomic mass is 10.3. The zero-order valence-corrected chi connectivity index (χ0v) is 11.8. The van der Waals surface area contributed by atoms with Crippen LogP contribution in [0.3, 0.4) is 0 Å². The Bertz CT molecular complexity index is 318. The van der Waals surface area contributed by atoms with E-state index in [4.69, 9.17) is 4.42 Å². The van der Waals surface area contributed by atoms with E-state index in [1.54, 1.807) is 0 Å². The maximum atomic E-state index is 5.55. The minimum Gasteiger partial charge on any atom is -0.406 e. The molecule has 0 saturated carbocycles. The number of aromatic nitrogens is 2. The van der Waals surface area contributed by atoms with Gasteiger partial charge in [0, 0.05) is 6.04 Å². The molecule has 1 aromatic rings. The van der Waals surface area contributed by atoms with E-state index in [1.165, 1.54) is 0 Å². The second-order valence-electron chi connectivity index (χ2n) is 4.05. The standard InChI is InChI=1S/C11H22N4OS/c1-5-12-9(3)10-14-15-11(16-10)13-8(2)6-7-17-4/h8-9,12H,5-7H2,1-4H3,(H,13,15). The van der Waals surface area contributed by atoms with Crippen LogP contribution in [0.4, 0.5) is 6.01 Å². The molecule has 0 saturated heterocycles. The van der Waals surface area contributed by atoms with Crippen LogP contribution in [0.25, 0.3) is 0 Å². The Hall–Kier alpha value is -0.750. The van der Waals surface area contributed by atoms with E-state index in [2.05, 4.69) is 40.9 Å². The molecule has 2 N–H and O–H groups in total. The highest BCUT2D eigenvalue weighted by Gasteiger charge is 2.13. The summed E-state index contributed by atoms with van der Waals surface area (Å²) in [7, 11) is 0. The highest BCUT2D eigenvalue weighted by atomic mass is 32.2. The molecule has 0 aliphatic rings. The van der Waals surface area contributed by atoms with Gasteiger partial charge in [0.1, 0.15) is 0 Å². The average Bonchev–Trinajstić information content (AvgIpc) is 2.75. The Kier molecular flexibility index (Phi) is 6.36. The zero-order chi connectivity index (χ0) is 12.7. The Morgan fingerprint density at radius 3 is 2.76 bits per heavy atom. The molecule has 0 aromatic carbocycles. The van der Waals surface area contributed by atoms with Gasteiger partial charge in [-0.15, -0.1) is 5.10 Å². The van der Waals surface area contributed by atoms with Crippen molar-refractivity contribution in [1.29, 1.82) is 0 Å². The van der Waals surface area contributed by atoms with Crippen molar-refractivity contribution in [3.8, 4) is 0 Å². The molecule has 0 fully saturated rings. The number of nitrogens with one attached hydrogen (secondary N) is 2. The van der Waals surface area contributed by atoms with Gasteiger partial charge in [0.05, 0.1) is 6.04 Å². The van der Waals surface area contributed by atoms with Crippen LogP contribution in [0.15, 0.2) is 4.42 Å². The van der Waals surface area contributed by atoms with Crippen molar-refractivity contribution < 1.29 is 4.42 Å². The summed E-state index contributed by atoms with van der Waals surface area (Å²) in [6.45, 7) is 7.07. The van der Waals surface area contributed by atoms with Gasteiger partial charge in [-0.05, 0) is 38.8 Å². The van der Waals surface area contributed by atoms with Crippen molar-refractivity contribution in [3.05, 3.63) is 5.89 Å². The topological polar surface area (TPSA) is 63.0 Å². The van der Waals surface area contributed by atoms with Crippen molar-refractivity contribution in [1.82, 2.24) is 15.5 Å². The van der Waals surface area contributed by atoms with E-state index in [0.29, 0.717) is 17.9 Å². The van der Waals surface area contributed by atoms with E-state index in [1.807, 2.05) is 18.7 Å². The third-order valence-corrected chi connectivity index (χ3v) is 3.09. The van der Waals surface area contributed by atoms with Crippen LogP contribution < -0.4 is 10.6 Å². The molecule has 0 bridgehead atoms. The molecule has 5 nitrogen and oxygen atoms in total. The van der Waals surface area contributed by atoms with Crippen molar-refractivity contribution in [3.63, 3.8) is 0 Å². The minimum absolute atomic E-state index is 0.101. The summed E-state index contributed by atoms with van der Waals surface area (Å²) >= 11 is 1.84. The Labute approximate surface area is 107 Å². The minimum atomic E-state index is 0.101. The number of hydrogen-bond donors (Lipinski definition) is 2. The molecular weight excluding hydrogens is 236 g/mol. The molecule has 0 aliphatic carbocycles. The maximum Gasteiger partial charge on any atom is 0.315 e. The van der Waals surface area contributed by atoms with Gasteiger partial charge in [-0.3, -0.25) is 0 Å². The number of nitrogens with zero attached hydrogens (tertiary/aromatic N) is 2. The predicted molar refractivity (Wildman–Crippen MR) is 72.5 cm³/mol. The highest BCUT2D eigenvalue weighted by molar-refractivity contribution is 7.98. The van der Waals surface area contributed by atoms with Crippen molar-refractivity contribution >= 4 is 17.8 Å². The molecular formula is C11H22N4OS. The molecule has 0 radical (unpaired) electrons. The van der Waals surface area contributed by atoms with Gasteiger partial charge in [0.15, 0.2) is 0 Å². The monoisotopic (exact) mass is 258 g/mol. The third-order valence-electron chi connectivity index (χ3n) is 2.45. The van der Waals surface area contributed by atoms with Gasteiger partial charge in [-0.2, -0.15) is 11.8 Å². The molecule has 1 aromatic heterocycles. The molecule has 6 heteroatoms. The van der Waals surface area contributed by atoms with Crippen molar-refractivity contribution in [2.75, 3.05) is 23.9 Å². The molecule has 1 rings (SSSR count). The largest absolute Gasteiger partial charge is 0.406 e. The van der Waals surface area contributed by atoms with Crippen LogP contribution in [-0.4, -0.2) is 34.8 Å². The van der Waals surface area contributed by atoms with Crippen molar-refractivity contribution in [2.45, 2.75) is 39.3 Å². The lowest BCUT2D eigenvalue weighted by molar-refractivity contribution is 0.426. The summed E-state index contributed by atoms with van der Waals surface area (Å²) in [5.74, 6) is 1.76. The SMILES string of the molecule is CCNC(C)c1nnc(NC(C)CCSC)o1. The lowest BCUT2D eigenvalue weighted by Crippen LogP contribution is -2.18. The first-order valence-corrected chi connectivity index (χ1v) is 7.39. The van der Waals surface area contributed by atoms with Crippen LogP contribution in [0.5, 0.6) is 0 Å². The number of rotatable bonds is 8. The van der Waals surface area contributed by atoms with E-state index >= 15 is 0 Å². The predicted octanol–water partition coefficient (Wildman–Crippen LogP) is 2.29. The van der Waals surface area contributed by atoms with E-state index in [0.717, 1.165) is 18.7 Å². The zero-order valence-electron chi connectivity index (χ0n) is 11.0. The molecule has 1 heterocycles.